The molecule has 0 saturated heterocycles. The molecule has 0 amide bonds. The second-order valence-corrected chi connectivity index (χ2v) is 3.66. The molecular formula is C10H6N6O3. The maximum absolute atomic E-state index is 11.2. The molecule has 0 unspecified atom stereocenters. The molecule has 3 aromatic heterocycles. The van der Waals surface area contributed by atoms with Crippen LogP contribution < -0.4 is 5.56 Å². The predicted molar refractivity (Wildman–Crippen MR) is 63.9 cm³/mol. The molecule has 3 aromatic rings. The minimum Gasteiger partial charge on any atom is -0.390 e. The van der Waals surface area contributed by atoms with Crippen molar-refractivity contribution < 1.29 is 4.92 Å². The summed E-state index contributed by atoms with van der Waals surface area (Å²) in [5.74, 6) is -0.155. The number of hydrogen-bond acceptors (Lipinski definition) is 6. The summed E-state index contributed by atoms with van der Waals surface area (Å²) in [6.07, 6.45) is 2.67. The van der Waals surface area contributed by atoms with Gasteiger partial charge in [0.15, 0.2) is 5.82 Å². The number of nitrogens with one attached hydrogen (secondary N) is 1. The first-order valence-electron chi connectivity index (χ1n) is 5.19. The summed E-state index contributed by atoms with van der Waals surface area (Å²) in [4.78, 5) is 31.4. The molecule has 19 heavy (non-hydrogen) atoms. The molecule has 0 aromatic carbocycles. The Morgan fingerprint density at radius 2 is 2.11 bits per heavy atom. The number of nitro groups is 1. The van der Waals surface area contributed by atoms with E-state index in [2.05, 4.69) is 20.1 Å². The van der Waals surface area contributed by atoms with Gasteiger partial charge >= 0.3 is 5.95 Å². The van der Waals surface area contributed by atoms with Crippen LogP contribution in [0.3, 0.4) is 0 Å². The van der Waals surface area contributed by atoms with Crippen molar-refractivity contribution in [1.82, 2.24) is 24.7 Å². The van der Waals surface area contributed by atoms with Crippen LogP contribution in [0, 0.1) is 10.1 Å². The van der Waals surface area contributed by atoms with Crippen LogP contribution in [0.1, 0.15) is 0 Å². The van der Waals surface area contributed by atoms with Gasteiger partial charge in [0.2, 0.25) is 11.9 Å². The number of nitrogens with zero attached hydrogens (tertiary/aromatic N) is 5. The first kappa shape index (κ1) is 11.0. The van der Waals surface area contributed by atoms with Gasteiger partial charge in [0.1, 0.15) is 0 Å². The van der Waals surface area contributed by atoms with Crippen LogP contribution in [-0.4, -0.2) is 29.7 Å². The first-order chi connectivity index (χ1) is 9.15. The Morgan fingerprint density at radius 3 is 2.84 bits per heavy atom. The van der Waals surface area contributed by atoms with Crippen molar-refractivity contribution in [2.45, 2.75) is 0 Å². The molecule has 3 heterocycles. The quantitative estimate of drug-likeness (QED) is 0.525. The van der Waals surface area contributed by atoms with Crippen molar-refractivity contribution in [2.24, 2.45) is 0 Å². The first-order valence-corrected chi connectivity index (χ1v) is 5.19. The topological polar surface area (TPSA) is 120 Å². The lowest BCUT2D eigenvalue weighted by Gasteiger charge is -2.01. The smallest absolute Gasteiger partial charge is 0.390 e. The number of hydrogen-bond donors (Lipinski definition) is 1. The van der Waals surface area contributed by atoms with E-state index in [1.54, 1.807) is 12.1 Å². The van der Waals surface area contributed by atoms with Crippen molar-refractivity contribution in [3.05, 3.63) is 51.2 Å². The molecule has 0 atom stereocenters. The van der Waals surface area contributed by atoms with Crippen LogP contribution in [0.15, 0.2) is 35.5 Å². The van der Waals surface area contributed by atoms with Gasteiger partial charge in [0, 0.05) is 22.7 Å². The Bertz CT molecular complexity index is 836. The number of pyridine rings is 2. The lowest BCUT2D eigenvalue weighted by molar-refractivity contribution is -0.394. The molecule has 0 fully saturated rings. The highest BCUT2D eigenvalue weighted by atomic mass is 16.6. The number of aromatic nitrogens is 5. The van der Waals surface area contributed by atoms with Gasteiger partial charge in [0.25, 0.3) is 0 Å². The zero-order valence-electron chi connectivity index (χ0n) is 9.35. The SMILES string of the molecule is O=c1ccc2c(-n3cnc([N+](=O)[O-])n3)nccc2[nH]1. The van der Waals surface area contributed by atoms with Crippen LogP contribution in [0.5, 0.6) is 0 Å². The third-order valence-corrected chi connectivity index (χ3v) is 2.49. The van der Waals surface area contributed by atoms with Gasteiger partial charge in [-0.25, -0.2) is 4.98 Å². The number of fused-ring (bicyclic) bond motifs is 1. The molecule has 9 nitrogen and oxygen atoms in total. The van der Waals surface area contributed by atoms with Crippen molar-refractivity contribution in [1.29, 1.82) is 0 Å². The fourth-order valence-electron chi connectivity index (χ4n) is 1.69. The normalized spacial score (nSPS) is 10.7. The van der Waals surface area contributed by atoms with E-state index < -0.39 is 10.9 Å². The van der Waals surface area contributed by atoms with E-state index >= 15 is 0 Å². The lowest BCUT2D eigenvalue weighted by atomic mass is 10.2. The second-order valence-electron chi connectivity index (χ2n) is 3.66. The molecule has 0 aliphatic rings. The highest BCUT2D eigenvalue weighted by Crippen LogP contribution is 2.16. The number of aromatic amines is 1. The van der Waals surface area contributed by atoms with Gasteiger partial charge in [-0.1, -0.05) is 4.98 Å². The molecular weight excluding hydrogens is 252 g/mol. The molecule has 0 spiro atoms. The summed E-state index contributed by atoms with van der Waals surface area (Å²) >= 11 is 0. The van der Waals surface area contributed by atoms with Gasteiger partial charge in [0.05, 0.1) is 5.52 Å². The summed E-state index contributed by atoms with van der Waals surface area (Å²) in [6.45, 7) is 0. The minimum absolute atomic E-state index is 0.241. The van der Waals surface area contributed by atoms with E-state index in [1.807, 2.05) is 0 Å². The molecule has 0 radical (unpaired) electrons. The van der Waals surface area contributed by atoms with Crippen LogP contribution in [-0.2, 0) is 0 Å². The molecule has 3 rings (SSSR count). The highest BCUT2D eigenvalue weighted by Gasteiger charge is 2.16. The third-order valence-electron chi connectivity index (χ3n) is 2.49. The Balaban J connectivity index is 2.24. The predicted octanol–water partition coefficient (Wildman–Crippen LogP) is 0.412. The second kappa shape index (κ2) is 3.98. The minimum atomic E-state index is -0.691. The maximum atomic E-state index is 11.2. The average Bonchev–Trinajstić information content (AvgIpc) is 2.87. The maximum Gasteiger partial charge on any atom is 0.491 e. The van der Waals surface area contributed by atoms with Gasteiger partial charge in [-0.15, -0.1) is 4.68 Å². The van der Waals surface area contributed by atoms with Gasteiger partial charge in [-0.2, -0.15) is 0 Å². The van der Waals surface area contributed by atoms with Crippen molar-refractivity contribution >= 4 is 16.9 Å². The highest BCUT2D eigenvalue weighted by molar-refractivity contribution is 5.84. The summed E-state index contributed by atoms with van der Waals surface area (Å²) in [5, 5.41) is 14.9. The summed E-state index contributed by atoms with van der Waals surface area (Å²) in [7, 11) is 0. The Hall–Kier alpha value is -3.10. The van der Waals surface area contributed by atoms with Gasteiger partial charge in [-0.3, -0.25) is 4.79 Å². The van der Waals surface area contributed by atoms with E-state index in [-0.39, 0.29) is 5.56 Å². The van der Waals surface area contributed by atoms with E-state index in [0.717, 1.165) is 0 Å². The molecule has 0 aliphatic heterocycles. The van der Waals surface area contributed by atoms with Crippen LogP contribution in [0.4, 0.5) is 5.95 Å². The fourth-order valence-corrected chi connectivity index (χ4v) is 1.69. The van der Waals surface area contributed by atoms with E-state index in [4.69, 9.17) is 0 Å². The van der Waals surface area contributed by atoms with Crippen molar-refractivity contribution in [3.63, 3.8) is 0 Å². The van der Waals surface area contributed by atoms with Crippen LogP contribution in [0.2, 0.25) is 0 Å². The Labute approximate surface area is 104 Å². The van der Waals surface area contributed by atoms with E-state index in [0.29, 0.717) is 16.7 Å². The number of rotatable bonds is 2. The largest absolute Gasteiger partial charge is 0.491 e. The van der Waals surface area contributed by atoms with Crippen molar-refractivity contribution in [3.8, 4) is 5.82 Å². The average molecular weight is 258 g/mol. The number of H-pyrrole nitrogens is 1. The lowest BCUT2D eigenvalue weighted by Crippen LogP contribution is -2.06. The van der Waals surface area contributed by atoms with Gasteiger partial charge in [-0.05, 0) is 17.1 Å². The molecule has 1 N–H and O–H groups in total. The standard InChI is InChI=1S/C10H6N6O3/c17-8-2-1-6-7(13-8)3-4-11-9(6)15-5-12-10(14-15)16(18)19/h1-5H,(H,13,17). The molecule has 0 saturated carbocycles. The third kappa shape index (κ3) is 1.82. The van der Waals surface area contributed by atoms with E-state index in [1.165, 1.54) is 23.3 Å². The summed E-state index contributed by atoms with van der Waals surface area (Å²) in [6, 6.07) is 4.55. The molecule has 9 heteroatoms. The van der Waals surface area contributed by atoms with Gasteiger partial charge < -0.3 is 15.1 Å². The molecule has 94 valence electrons. The fraction of sp³-hybridized carbons (Fsp3) is 0. The molecule has 0 aliphatic carbocycles. The Kier molecular flexibility index (Phi) is 2.31. The van der Waals surface area contributed by atoms with E-state index in [9.17, 15) is 14.9 Å². The Morgan fingerprint density at radius 1 is 1.26 bits per heavy atom. The zero-order valence-corrected chi connectivity index (χ0v) is 9.35. The van der Waals surface area contributed by atoms with Crippen LogP contribution in [0.25, 0.3) is 16.7 Å². The van der Waals surface area contributed by atoms with Crippen LogP contribution >= 0.6 is 0 Å². The zero-order chi connectivity index (χ0) is 13.4. The van der Waals surface area contributed by atoms with Crippen molar-refractivity contribution in [2.75, 3.05) is 0 Å². The monoisotopic (exact) mass is 258 g/mol. The summed E-state index contributed by atoms with van der Waals surface area (Å²) < 4.78 is 1.19. The molecule has 0 bridgehead atoms. The summed E-state index contributed by atoms with van der Waals surface area (Å²) in [5.41, 5.74) is 0.324.